The van der Waals surface area contributed by atoms with Crippen molar-refractivity contribution in [2.24, 2.45) is 0 Å². The zero-order chi connectivity index (χ0) is 13.1. The first-order chi connectivity index (χ1) is 9.33. The van der Waals surface area contributed by atoms with Crippen molar-refractivity contribution in [3.8, 4) is 17.1 Å². The van der Waals surface area contributed by atoms with E-state index in [1.54, 1.807) is 18.2 Å². The molecule has 3 rings (SSSR count). The molecule has 0 bridgehead atoms. The minimum Gasteiger partial charge on any atom is -0.507 e. The summed E-state index contributed by atoms with van der Waals surface area (Å²) in [6.45, 7) is 2.23. The summed E-state index contributed by atoms with van der Waals surface area (Å²) in [7, 11) is 0. The zero-order valence-electron chi connectivity index (χ0n) is 10.4. The van der Waals surface area contributed by atoms with Gasteiger partial charge in [0.2, 0.25) is 11.7 Å². The summed E-state index contributed by atoms with van der Waals surface area (Å²) in [5, 5.41) is 17.0. The van der Waals surface area contributed by atoms with Gasteiger partial charge in [0.05, 0.1) is 18.8 Å². The van der Waals surface area contributed by atoms with Gasteiger partial charge in [-0.15, -0.1) is 0 Å². The van der Waals surface area contributed by atoms with Gasteiger partial charge in [-0.2, -0.15) is 4.98 Å². The van der Waals surface area contributed by atoms with Crippen LogP contribution in [-0.4, -0.2) is 41.0 Å². The number of phenols is 1. The number of hydrogen-bond acceptors (Lipinski definition) is 6. The Morgan fingerprint density at radius 2 is 2.26 bits per heavy atom. The summed E-state index contributed by atoms with van der Waals surface area (Å²) in [5.41, 5.74) is 0.574. The van der Waals surface area contributed by atoms with Gasteiger partial charge < -0.3 is 19.7 Å². The molecule has 0 radical (unpaired) electrons. The van der Waals surface area contributed by atoms with Crippen LogP contribution in [0.1, 0.15) is 5.89 Å². The Morgan fingerprint density at radius 3 is 3.05 bits per heavy atom. The predicted octanol–water partition coefficient (Wildman–Crippen LogP) is 0.973. The van der Waals surface area contributed by atoms with Gasteiger partial charge in [-0.1, -0.05) is 17.3 Å². The van der Waals surface area contributed by atoms with Gasteiger partial charge >= 0.3 is 0 Å². The number of ether oxygens (including phenoxy) is 1. The van der Waals surface area contributed by atoms with Gasteiger partial charge in [-0.3, -0.25) is 0 Å². The average molecular weight is 261 g/mol. The molecule has 19 heavy (non-hydrogen) atoms. The summed E-state index contributed by atoms with van der Waals surface area (Å²) in [6, 6.07) is 7.13. The van der Waals surface area contributed by atoms with E-state index in [1.807, 2.05) is 6.07 Å². The molecule has 1 aliphatic rings. The van der Waals surface area contributed by atoms with Crippen LogP contribution >= 0.6 is 0 Å². The van der Waals surface area contributed by atoms with E-state index >= 15 is 0 Å². The second-order valence-corrected chi connectivity index (χ2v) is 4.46. The number of hydrogen-bond donors (Lipinski definition) is 2. The summed E-state index contributed by atoms with van der Waals surface area (Å²) in [6.07, 6.45) is 0.626. The molecule has 6 nitrogen and oxygen atoms in total. The molecule has 2 N–H and O–H groups in total. The Bertz CT molecular complexity index is 550. The second kappa shape index (κ2) is 5.38. The lowest BCUT2D eigenvalue weighted by atomic mass is 10.2. The first-order valence-electron chi connectivity index (χ1n) is 6.25. The van der Waals surface area contributed by atoms with Crippen molar-refractivity contribution >= 4 is 0 Å². The van der Waals surface area contributed by atoms with E-state index in [1.165, 1.54) is 0 Å². The Labute approximate surface area is 110 Å². The summed E-state index contributed by atoms with van der Waals surface area (Å²) >= 11 is 0. The summed E-state index contributed by atoms with van der Waals surface area (Å²) in [5.74, 6) is 1.10. The van der Waals surface area contributed by atoms with Crippen molar-refractivity contribution in [3.05, 3.63) is 30.2 Å². The van der Waals surface area contributed by atoms with E-state index in [-0.39, 0.29) is 11.8 Å². The molecule has 2 aromatic rings. The normalized spacial score (nSPS) is 19.5. The van der Waals surface area contributed by atoms with Crippen LogP contribution in [0.25, 0.3) is 11.4 Å². The highest BCUT2D eigenvalue weighted by atomic mass is 16.5. The van der Waals surface area contributed by atoms with Crippen molar-refractivity contribution in [1.82, 2.24) is 15.5 Å². The molecule has 1 aliphatic heterocycles. The Hall–Kier alpha value is -1.92. The lowest BCUT2D eigenvalue weighted by molar-refractivity contribution is 0.0744. The van der Waals surface area contributed by atoms with Crippen LogP contribution in [0.4, 0.5) is 0 Å². The molecule has 0 amide bonds. The van der Waals surface area contributed by atoms with Crippen molar-refractivity contribution in [1.29, 1.82) is 0 Å². The monoisotopic (exact) mass is 261 g/mol. The maximum atomic E-state index is 9.74. The minimum absolute atomic E-state index is 0.147. The topological polar surface area (TPSA) is 80.4 Å². The van der Waals surface area contributed by atoms with Crippen molar-refractivity contribution in [3.63, 3.8) is 0 Å². The van der Waals surface area contributed by atoms with Crippen molar-refractivity contribution in [2.45, 2.75) is 12.5 Å². The van der Waals surface area contributed by atoms with Gasteiger partial charge in [0.25, 0.3) is 0 Å². The molecular formula is C13H15N3O3. The molecule has 1 fully saturated rings. The number of rotatable bonds is 3. The third kappa shape index (κ3) is 2.74. The SMILES string of the molecule is Oc1ccccc1-c1noc(CC2COCCN2)n1. The number of nitrogens with one attached hydrogen (secondary N) is 1. The summed E-state index contributed by atoms with van der Waals surface area (Å²) in [4.78, 5) is 4.30. The molecule has 1 aromatic heterocycles. The Balaban J connectivity index is 1.74. The molecule has 0 saturated carbocycles. The van der Waals surface area contributed by atoms with Crippen molar-refractivity contribution < 1.29 is 14.4 Å². The van der Waals surface area contributed by atoms with Gasteiger partial charge in [-0.05, 0) is 12.1 Å². The molecule has 1 unspecified atom stereocenters. The Morgan fingerprint density at radius 1 is 1.37 bits per heavy atom. The molecular weight excluding hydrogens is 246 g/mol. The van der Waals surface area contributed by atoms with Crippen LogP contribution in [0.3, 0.4) is 0 Å². The average Bonchev–Trinajstić information content (AvgIpc) is 2.89. The quantitative estimate of drug-likeness (QED) is 0.857. The maximum absolute atomic E-state index is 9.74. The summed E-state index contributed by atoms with van der Waals surface area (Å²) < 4.78 is 10.6. The van der Waals surface area contributed by atoms with E-state index in [0.29, 0.717) is 30.3 Å². The molecule has 100 valence electrons. The molecule has 0 spiro atoms. The van der Waals surface area contributed by atoms with Crippen LogP contribution in [0.2, 0.25) is 0 Å². The van der Waals surface area contributed by atoms with Crippen LogP contribution in [-0.2, 0) is 11.2 Å². The molecule has 6 heteroatoms. The largest absolute Gasteiger partial charge is 0.507 e. The highest BCUT2D eigenvalue weighted by molar-refractivity contribution is 5.62. The van der Waals surface area contributed by atoms with Crippen LogP contribution in [0, 0.1) is 0 Å². The smallest absolute Gasteiger partial charge is 0.228 e. The van der Waals surface area contributed by atoms with Crippen LogP contribution < -0.4 is 5.32 Å². The first kappa shape index (κ1) is 12.1. The first-order valence-corrected chi connectivity index (χ1v) is 6.25. The highest BCUT2D eigenvalue weighted by Gasteiger charge is 2.18. The van der Waals surface area contributed by atoms with Crippen LogP contribution in [0.5, 0.6) is 5.75 Å². The van der Waals surface area contributed by atoms with Gasteiger partial charge in [0, 0.05) is 19.0 Å². The number of morpholine rings is 1. The predicted molar refractivity (Wildman–Crippen MR) is 67.7 cm³/mol. The van der Waals surface area contributed by atoms with Gasteiger partial charge in [0.15, 0.2) is 0 Å². The van der Waals surface area contributed by atoms with E-state index in [9.17, 15) is 5.11 Å². The Kier molecular flexibility index (Phi) is 3.43. The van der Waals surface area contributed by atoms with Gasteiger partial charge in [0.1, 0.15) is 5.75 Å². The highest BCUT2D eigenvalue weighted by Crippen LogP contribution is 2.26. The number of nitrogens with zero attached hydrogens (tertiary/aromatic N) is 2. The fraction of sp³-hybridized carbons (Fsp3) is 0.385. The number of phenolic OH excluding ortho intramolecular Hbond substituents is 1. The zero-order valence-corrected chi connectivity index (χ0v) is 10.4. The van der Waals surface area contributed by atoms with E-state index in [2.05, 4.69) is 15.5 Å². The van der Waals surface area contributed by atoms with Crippen LogP contribution in [0.15, 0.2) is 28.8 Å². The third-order valence-electron chi connectivity index (χ3n) is 3.03. The molecule has 0 aliphatic carbocycles. The second-order valence-electron chi connectivity index (χ2n) is 4.46. The van der Waals surface area contributed by atoms with E-state index in [4.69, 9.17) is 9.26 Å². The number of aromatic hydroxyl groups is 1. The fourth-order valence-electron chi connectivity index (χ4n) is 2.07. The minimum atomic E-state index is 0.147. The molecule has 2 heterocycles. The number of aromatic nitrogens is 2. The third-order valence-corrected chi connectivity index (χ3v) is 3.03. The standard InChI is InChI=1S/C13H15N3O3/c17-11-4-2-1-3-10(11)13-15-12(19-16-13)7-9-8-18-6-5-14-9/h1-4,9,14,17H,5-8H2. The number of para-hydroxylation sites is 1. The molecule has 1 saturated heterocycles. The van der Waals surface area contributed by atoms with Gasteiger partial charge in [-0.25, -0.2) is 0 Å². The lowest BCUT2D eigenvalue weighted by Crippen LogP contribution is -2.42. The van der Waals surface area contributed by atoms with Crippen molar-refractivity contribution in [2.75, 3.05) is 19.8 Å². The van der Waals surface area contributed by atoms with E-state index < -0.39 is 0 Å². The van der Waals surface area contributed by atoms with E-state index in [0.717, 1.165) is 13.2 Å². The molecule has 1 aromatic carbocycles. The molecule has 1 atom stereocenters. The maximum Gasteiger partial charge on any atom is 0.228 e. The lowest BCUT2D eigenvalue weighted by Gasteiger charge is -2.22. The fourth-order valence-corrected chi connectivity index (χ4v) is 2.07. The number of benzene rings is 1.